The number of thiol groups is 1. The number of hydrogen-bond acceptors (Lipinski definition) is 10. The molecule has 4 aromatic rings. The number of ether oxygens (including phenoxy) is 1. The standard InChI is InChI=1S/C27H30N8O2.H3NS/c36-27(33-23-14-25(30-17-29-23)37-16-18-7-3-1-4-8-18)22-15-28-26-21(31-20-11-12-20)13-24(34-35(22)26)32-19-9-5-2-6-10-19;1-2/h1,3-4,7-8,13-15,17,19-20,31H,2,5-6,9-12,16H2,(H,32,34)(H,29,30,33,36);2H,1H2. The fraction of sp³-hybridized carbons (Fsp3) is 0.370. The number of nitrogens with one attached hydrogen (secondary N) is 3. The molecule has 3 aromatic heterocycles. The van der Waals surface area contributed by atoms with Crippen LogP contribution in [0.1, 0.15) is 61.0 Å². The molecule has 0 radical (unpaired) electrons. The summed E-state index contributed by atoms with van der Waals surface area (Å²) < 4.78 is 7.38. The number of anilines is 3. The minimum Gasteiger partial charge on any atom is -0.473 e. The zero-order valence-corrected chi connectivity index (χ0v) is 22.5. The van der Waals surface area contributed by atoms with Crippen molar-refractivity contribution in [1.82, 2.24) is 24.6 Å². The highest BCUT2D eigenvalue weighted by Crippen LogP contribution is 2.30. The van der Waals surface area contributed by atoms with E-state index in [4.69, 9.17) is 9.84 Å². The molecule has 39 heavy (non-hydrogen) atoms. The summed E-state index contributed by atoms with van der Waals surface area (Å²) in [4.78, 5) is 26.1. The van der Waals surface area contributed by atoms with E-state index in [1.807, 2.05) is 36.4 Å². The number of amides is 1. The monoisotopic (exact) mass is 547 g/mol. The van der Waals surface area contributed by atoms with Gasteiger partial charge in [-0.05, 0) is 31.2 Å². The van der Waals surface area contributed by atoms with E-state index in [1.54, 1.807) is 16.8 Å². The first-order valence-electron chi connectivity index (χ1n) is 13.2. The van der Waals surface area contributed by atoms with Crippen LogP contribution in [0.25, 0.3) is 5.65 Å². The van der Waals surface area contributed by atoms with Gasteiger partial charge < -0.3 is 20.7 Å². The number of rotatable bonds is 9. The van der Waals surface area contributed by atoms with Crippen molar-refractivity contribution < 1.29 is 9.53 Å². The van der Waals surface area contributed by atoms with Crippen LogP contribution in [0.4, 0.5) is 17.3 Å². The molecule has 0 atom stereocenters. The lowest BCUT2D eigenvalue weighted by molar-refractivity contribution is 0.102. The Morgan fingerprint density at radius 2 is 1.72 bits per heavy atom. The predicted molar refractivity (Wildman–Crippen MR) is 154 cm³/mol. The van der Waals surface area contributed by atoms with Gasteiger partial charge in [0.2, 0.25) is 5.88 Å². The number of carbonyl (C=O) groups excluding carboxylic acids is 1. The Hall–Kier alpha value is -3.90. The van der Waals surface area contributed by atoms with Gasteiger partial charge in [0.25, 0.3) is 5.91 Å². The average Bonchev–Trinajstić information content (AvgIpc) is 3.69. The quantitative estimate of drug-likeness (QED) is 0.192. The number of imidazole rings is 1. The van der Waals surface area contributed by atoms with E-state index < -0.39 is 0 Å². The van der Waals surface area contributed by atoms with Crippen LogP contribution in [0.2, 0.25) is 0 Å². The molecule has 5 N–H and O–H groups in total. The molecule has 11 nitrogen and oxygen atoms in total. The smallest absolute Gasteiger partial charge is 0.277 e. The van der Waals surface area contributed by atoms with Gasteiger partial charge in [-0.15, -0.1) is 17.9 Å². The fourth-order valence-corrected chi connectivity index (χ4v) is 4.60. The van der Waals surface area contributed by atoms with Crippen LogP contribution < -0.4 is 25.8 Å². The molecule has 6 rings (SSSR count). The van der Waals surface area contributed by atoms with Crippen LogP contribution in [0.5, 0.6) is 5.88 Å². The van der Waals surface area contributed by atoms with Gasteiger partial charge in [-0.25, -0.2) is 19.5 Å². The minimum absolute atomic E-state index is 0.325. The molecule has 1 aromatic carbocycles. The van der Waals surface area contributed by atoms with E-state index in [9.17, 15) is 4.79 Å². The van der Waals surface area contributed by atoms with E-state index >= 15 is 0 Å². The maximum Gasteiger partial charge on any atom is 0.277 e. The number of carbonyl (C=O) groups is 1. The van der Waals surface area contributed by atoms with Crippen molar-refractivity contribution in [3.8, 4) is 5.88 Å². The zero-order chi connectivity index (χ0) is 27.0. The molecule has 3 heterocycles. The van der Waals surface area contributed by atoms with Crippen LogP contribution in [0.15, 0.2) is 55.0 Å². The van der Waals surface area contributed by atoms with Gasteiger partial charge in [0.15, 0.2) is 11.3 Å². The normalized spacial score (nSPS) is 15.2. The molecule has 0 aliphatic heterocycles. The number of nitrogens with two attached hydrogens (primary N) is 1. The van der Waals surface area contributed by atoms with Crippen molar-refractivity contribution in [2.45, 2.75) is 63.6 Å². The van der Waals surface area contributed by atoms with Crippen LogP contribution in [0.3, 0.4) is 0 Å². The fourth-order valence-electron chi connectivity index (χ4n) is 4.60. The molecule has 204 valence electrons. The lowest BCUT2D eigenvalue weighted by Gasteiger charge is -2.23. The summed E-state index contributed by atoms with van der Waals surface area (Å²) >= 11 is 3.03. The molecule has 0 spiro atoms. The number of aromatic nitrogens is 5. The van der Waals surface area contributed by atoms with E-state index in [1.165, 1.54) is 25.6 Å². The van der Waals surface area contributed by atoms with Gasteiger partial charge >= 0.3 is 0 Å². The molecular formula is C27H33N9O2S. The second-order valence-corrected chi connectivity index (χ2v) is 9.69. The van der Waals surface area contributed by atoms with Gasteiger partial charge in [-0.1, -0.05) is 49.6 Å². The number of fused-ring (bicyclic) bond motifs is 1. The number of benzene rings is 1. The Labute approximate surface area is 232 Å². The van der Waals surface area contributed by atoms with Gasteiger partial charge in [0.05, 0.1) is 11.9 Å². The maximum absolute atomic E-state index is 13.3. The molecule has 2 aliphatic carbocycles. The third-order valence-corrected chi connectivity index (χ3v) is 6.71. The molecule has 0 bridgehead atoms. The largest absolute Gasteiger partial charge is 0.473 e. The van der Waals surface area contributed by atoms with Crippen LogP contribution in [-0.2, 0) is 6.61 Å². The highest BCUT2D eigenvalue weighted by Gasteiger charge is 2.25. The summed E-state index contributed by atoms with van der Waals surface area (Å²) in [5.41, 5.74) is 2.86. The van der Waals surface area contributed by atoms with Crippen molar-refractivity contribution in [3.05, 3.63) is 66.2 Å². The highest BCUT2D eigenvalue weighted by atomic mass is 32.1. The summed E-state index contributed by atoms with van der Waals surface area (Å²) in [5.74, 6) is 1.10. The Kier molecular flexibility index (Phi) is 8.74. The summed E-state index contributed by atoms with van der Waals surface area (Å²) in [5, 5.41) is 18.9. The molecule has 2 fully saturated rings. The average molecular weight is 548 g/mol. The second-order valence-electron chi connectivity index (χ2n) is 9.69. The van der Waals surface area contributed by atoms with E-state index in [0.717, 1.165) is 42.8 Å². The van der Waals surface area contributed by atoms with Crippen molar-refractivity contribution in [2.75, 3.05) is 16.0 Å². The highest BCUT2D eigenvalue weighted by molar-refractivity contribution is 7.77. The Morgan fingerprint density at radius 3 is 2.49 bits per heavy atom. The lowest BCUT2D eigenvalue weighted by atomic mass is 9.95. The molecule has 1 amide bonds. The van der Waals surface area contributed by atoms with Crippen molar-refractivity contribution in [1.29, 1.82) is 0 Å². The minimum atomic E-state index is -0.361. The second kappa shape index (κ2) is 12.8. The molecule has 0 saturated heterocycles. The van der Waals surface area contributed by atoms with Crippen LogP contribution in [-0.4, -0.2) is 42.6 Å². The molecule has 2 aliphatic rings. The van der Waals surface area contributed by atoms with E-state index in [-0.39, 0.29) is 5.91 Å². The lowest BCUT2D eigenvalue weighted by Crippen LogP contribution is -2.24. The summed E-state index contributed by atoms with van der Waals surface area (Å²) in [6, 6.07) is 14.3. The molecule has 0 unspecified atom stereocenters. The molecule has 2 saturated carbocycles. The van der Waals surface area contributed by atoms with E-state index in [0.29, 0.717) is 41.7 Å². The summed E-state index contributed by atoms with van der Waals surface area (Å²) in [6.45, 7) is 0.371. The summed E-state index contributed by atoms with van der Waals surface area (Å²) in [7, 11) is 0. The van der Waals surface area contributed by atoms with Gasteiger partial charge in [0, 0.05) is 24.2 Å². The van der Waals surface area contributed by atoms with E-state index in [2.05, 4.69) is 48.9 Å². The predicted octanol–water partition coefficient (Wildman–Crippen LogP) is 4.46. The first-order chi connectivity index (χ1) is 19.2. The van der Waals surface area contributed by atoms with Gasteiger partial charge in [-0.2, -0.15) is 0 Å². The number of nitrogens with zero attached hydrogens (tertiary/aromatic N) is 5. The van der Waals surface area contributed by atoms with Crippen molar-refractivity contribution in [3.63, 3.8) is 0 Å². The SMILES string of the molecule is NS.O=C(Nc1cc(OCc2ccccc2)ncn1)c1cnc2c(NC3CC3)cc(NC3CCCCC3)nn12. The van der Waals surface area contributed by atoms with Crippen molar-refractivity contribution in [2.24, 2.45) is 5.14 Å². The van der Waals surface area contributed by atoms with Gasteiger partial charge in [0.1, 0.15) is 24.6 Å². The number of hydrogen-bond donors (Lipinski definition) is 5. The van der Waals surface area contributed by atoms with Crippen molar-refractivity contribution >= 4 is 41.7 Å². The maximum atomic E-state index is 13.3. The van der Waals surface area contributed by atoms with Crippen LogP contribution >= 0.6 is 12.8 Å². The summed E-state index contributed by atoms with van der Waals surface area (Å²) in [6.07, 6.45) is 11.2. The Morgan fingerprint density at radius 1 is 0.949 bits per heavy atom. The first-order valence-corrected chi connectivity index (χ1v) is 13.7. The van der Waals surface area contributed by atoms with Gasteiger partial charge in [-0.3, -0.25) is 9.93 Å². The topological polar surface area (TPSA) is 144 Å². The zero-order valence-electron chi connectivity index (χ0n) is 21.6. The van der Waals surface area contributed by atoms with Crippen LogP contribution in [0, 0.1) is 0 Å². The Bertz CT molecular complexity index is 1390. The first kappa shape index (κ1) is 26.7. The third kappa shape index (κ3) is 6.95. The molecular weight excluding hydrogens is 514 g/mol. The Balaban J connectivity index is 0.00000151. The molecule has 12 heteroatoms. The third-order valence-electron chi connectivity index (χ3n) is 6.71.